The van der Waals surface area contributed by atoms with E-state index < -0.39 is 5.97 Å². The van der Waals surface area contributed by atoms with Gasteiger partial charge in [0, 0.05) is 0 Å². The van der Waals surface area contributed by atoms with Crippen molar-refractivity contribution < 1.29 is 14.3 Å². The Balaban J connectivity index is 2.07. The Bertz CT molecular complexity index is 567. The van der Waals surface area contributed by atoms with Crippen molar-refractivity contribution in [2.45, 2.75) is 6.61 Å². The molecule has 3 nitrogen and oxygen atoms in total. The zero-order chi connectivity index (χ0) is 13.7. The molecule has 98 valence electrons. The summed E-state index contributed by atoms with van der Waals surface area (Å²) >= 11 is 6.06. The maximum atomic E-state index is 11.3. The number of halogens is 1. The first kappa shape index (κ1) is 13.4. The molecule has 0 atom stereocenters. The Morgan fingerprint density at radius 3 is 2.53 bits per heavy atom. The van der Waals surface area contributed by atoms with Gasteiger partial charge in [0.2, 0.25) is 0 Å². The average Bonchev–Trinajstić information content (AvgIpc) is 2.46. The highest BCUT2D eigenvalue weighted by Gasteiger charge is 2.09. The van der Waals surface area contributed by atoms with Gasteiger partial charge in [-0.2, -0.15) is 0 Å². The number of ether oxygens (including phenoxy) is 2. The summed E-state index contributed by atoms with van der Waals surface area (Å²) in [6, 6.07) is 14.6. The van der Waals surface area contributed by atoms with Crippen LogP contribution < -0.4 is 4.74 Å². The minimum Gasteiger partial charge on any atom is -0.487 e. The summed E-state index contributed by atoms with van der Waals surface area (Å²) in [5.74, 6) is 0.120. The third-order valence-electron chi connectivity index (χ3n) is 2.59. The summed E-state index contributed by atoms with van der Waals surface area (Å²) in [5.41, 5.74) is 1.45. The maximum absolute atomic E-state index is 11.3. The number of hydrogen-bond donors (Lipinski definition) is 0. The van der Waals surface area contributed by atoms with Crippen LogP contribution in [0.5, 0.6) is 5.75 Å². The van der Waals surface area contributed by atoms with Gasteiger partial charge in [0.1, 0.15) is 12.4 Å². The first-order chi connectivity index (χ1) is 9.20. The van der Waals surface area contributed by atoms with E-state index in [4.69, 9.17) is 16.3 Å². The topological polar surface area (TPSA) is 35.5 Å². The quantitative estimate of drug-likeness (QED) is 0.799. The lowest BCUT2D eigenvalue weighted by Crippen LogP contribution is -2.02. The van der Waals surface area contributed by atoms with E-state index in [1.807, 2.05) is 30.3 Å². The molecule has 2 aromatic carbocycles. The maximum Gasteiger partial charge on any atom is 0.337 e. The molecular weight excluding hydrogens is 264 g/mol. The second kappa shape index (κ2) is 6.25. The van der Waals surface area contributed by atoms with Gasteiger partial charge >= 0.3 is 5.97 Å². The summed E-state index contributed by atoms with van der Waals surface area (Å²) in [6.45, 7) is 0.429. The molecule has 0 saturated heterocycles. The van der Waals surface area contributed by atoms with Gasteiger partial charge in [-0.25, -0.2) is 4.79 Å². The van der Waals surface area contributed by atoms with Crippen molar-refractivity contribution in [2.75, 3.05) is 7.11 Å². The van der Waals surface area contributed by atoms with Crippen LogP contribution in [0.2, 0.25) is 5.02 Å². The number of rotatable bonds is 4. The highest BCUT2D eigenvalue weighted by molar-refractivity contribution is 6.32. The lowest BCUT2D eigenvalue weighted by molar-refractivity contribution is 0.0600. The molecule has 0 fully saturated rings. The van der Waals surface area contributed by atoms with Crippen LogP contribution in [0.3, 0.4) is 0 Å². The third kappa shape index (κ3) is 3.48. The number of methoxy groups -OCH3 is 1. The molecule has 0 N–H and O–H groups in total. The Morgan fingerprint density at radius 1 is 1.16 bits per heavy atom. The van der Waals surface area contributed by atoms with Gasteiger partial charge < -0.3 is 9.47 Å². The average molecular weight is 277 g/mol. The summed E-state index contributed by atoms with van der Waals surface area (Å²) < 4.78 is 10.2. The molecule has 2 rings (SSSR count). The van der Waals surface area contributed by atoms with Crippen LogP contribution in [0.25, 0.3) is 0 Å². The van der Waals surface area contributed by atoms with Crippen molar-refractivity contribution in [3.05, 3.63) is 64.7 Å². The minimum atomic E-state index is -0.420. The van der Waals surface area contributed by atoms with E-state index in [-0.39, 0.29) is 0 Å². The molecule has 0 aliphatic carbocycles. The smallest absolute Gasteiger partial charge is 0.337 e. The standard InChI is InChI=1S/C15H13ClO3/c1-18-15(17)12-7-8-14(13(16)9-12)19-10-11-5-3-2-4-6-11/h2-9H,10H2,1H3. The highest BCUT2D eigenvalue weighted by Crippen LogP contribution is 2.26. The Kier molecular flexibility index (Phi) is 4.42. The number of esters is 1. The van der Waals surface area contributed by atoms with E-state index in [9.17, 15) is 4.79 Å². The van der Waals surface area contributed by atoms with Crippen LogP contribution in [0, 0.1) is 0 Å². The van der Waals surface area contributed by atoms with Crippen LogP contribution in [0.4, 0.5) is 0 Å². The van der Waals surface area contributed by atoms with E-state index in [1.165, 1.54) is 13.2 Å². The highest BCUT2D eigenvalue weighted by atomic mass is 35.5. The van der Waals surface area contributed by atoms with Crippen LogP contribution in [0.15, 0.2) is 48.5 Å². The number of carbonyl (C=O) groups excluding carboxylic acids is 1. The first-order valence-electron chi connectivity index (χ1n) is 5.75. The van der Waals surface area contributed by atoms with Crippen LogP contribution in [-0.4, -0.2) is 13.1 Å². The zero-order valence-corrected chi connectivity index (χ0v) is 11.2. The Morgan fingerprint density at radius 2 is 1.89 bits per heavy atom. The van der Waals surface area contributed by atoms with E-state index in [0.717, 1.165) is 5.56 Å². The minimum absolute atomic E-state index is 0.388. The van der Waals surface area contributed by atoms with Gasteiger partial charge in [-0.05, 0) is 23.8 Å². The van der Waals surface area contributed by atoms with Crippen molar-refractivity contribution >= 4 is 17.6 Å². The molecule has 0 aliphatic heterocycles. The number of hydrogen-bond acceptors (Lipinski definition) is 3. The SMILES string of the molecule is COC(=O)c1ccc(OCc2ccccc2)c(Cl)c1. The predicted octanol–water partition coefficient (Wildman–Crippen LogP) is 3.71. The first-order valence-corrected chi connectivity index (χ1v) is 6.13. The van der Waals surface area contributed by atoms with Gasteiger partial charge in [-0.1, -0.05) is 41.9 Å². The fraction of sp³-hybridized carbons (Fsp3) is 0.133. The molecule has 0 radical (unpaired) electrons. The molecule has 0 spiro atoms. The fourth-order valence-corrected chi connectivity index (χ4v) is 1.83. The molecule has 0 saturated carbocycles. The van der Waals surface area contributed by atoms with Crippen molar-refractivity contribution in [1.82, 2.24) is 0 Å². The summed E-state index contributed by atoms with van der Waals surface area (Å²) in [7, 11) is 1.33. The Hall–Kier alpha value is -2.00. The van der Waals surface area contributed by atoms with Gasteiger partial charge in [-0.3, -0.25) is 0 Å². The van der Waals surface area contributed by atoms with E-state index in [2.05, 4.69) is 4.74 Å². The van der Waals surface area contributed by atoms with Crippen molar-refractivity contribution in [3.63, 3.8) is 0 Å². The van der Waals surface area contributed by atoms with Crippen LogP contribution in [-0.2, 0) is 11.3 Å². The molecular formula is C15H13ClO3. The van der Waals surface area contributed by atoms with Crippen LogP contribution >= 0.6 is 11.6 Å². The van der Waals surface area contributed by atoms with Crippen LogP contribution in [0.1, 0.15) is 15.9 Å². The fourth-order valence-electron chi connectivity index (χ4n) is 1.60. The van der Waals surface area contributed by atoms with E-state index in [0.29, 0.717) is 22.9 Å². The predicted molar refractivity (Wildman–Crippen MR) is 73.6 cm³/mol. The molecule has 0 aromatic heterocycles. The summed E-state index contributed by atoms with van der Waals surface area (Å²) in [5, 5.41) is 0.388. The monoisotopic (exact) mass is 276 g/mol. The van der Waals surface area contributed by atoms with Crippen molar-refractivity contribution in [3.8, 4) is 5.75 Å². The zero-order valence-electron chi connectivity index (χ0n) is 10.4. The molecule has 4 heteroatoms. The molecule has 0 amide bonds. The molecule has 0 aliphatic rings. The molecule has 0 bridgehead atoms. The summed E-state index contributed by atoms with van der Waals surface area (Å²) in [4.78, 5) is 11.3. The van der Waals surface area contributed by atoms with Gasteiger partial charge in [0.15, 0.2) is 0 Å². The third-order valence-corrected chi connectivity index (χ3v) is 2.89. The number of carbonyl (C=O) groups is 1. The second-order valence-corrected chi connectivity index (χ2v) is 4.32. The molecule has 0 heterocycles. The van der Waals surface area contributed by atoms with E-state index in [1.54, 1.807) is 12.1 Å². The largest absolute Gasteiger partial charge is 0.487 e. The van der Waals surface area contributed by atoms with Gasteiger partial charge in [-0.15, -0.1) is 0 Å². The number of benzene rings is 2. The Labute approximate surface area is 116 Å². The lowest BCUT2D eigenvalue weighted by atomic mass is 10.2. The van der Waals surface area contributed by atoms with Crippen molar-refractivity contribution in [1.29, 1.82) is 0 Å². The second-order valence-electron chi connectivity index (χ2n) is 3.91. The van der Waals surface area contributed by atoms with Gasteiger partial charge in [0.25, 0.3) is 0 Å². The summed E-state index contributed by atoms with van der Waals surface area (Å²) in [6.07, 6.45) is 0. The normalized spacial score (nSPS) is 10.0. The molecule has 2 aromatic rings. The van der Waals surface area contributed by atoms with E-state index >= 15 is 0 Å². The molecule has 19 heavy (non-hydrogen) atoms. The molecule has 0 unspecified atom stereocenters. The van der Waals surface area contributed by atoms with Gasteiger partial charge in [0.05, 0.1) is 17.7 Å². The lowest BCUT2D eigenvalue weighted by Gasteiger charge is -2.09. The van der Waals surface area contributed by atoms with Crippen molar-refractivity contribution in [2.24, 2.45) is 0 Å².